The number of aromatic nitrogens is 2. The van der Waals surface area contributed by atoms with Gasteiger partial charge in [-0.15, -0.1) is 0 Å². The van der Waals surface area contributed by atoms with Crippen molar-refractivity contribution < 1.29 is 13.2 Å². The number of fused-ring (bicyclic) bond motifs is 1. The third-order valence-corrected chi connectivity index (χ3v) is 6.67. The van der Waals surface area contributed by atoms with Crippen molar-refractivity contribution in [2.75, 3.05) is 26.2 Å². The molecule has 0 aliphatic carbocycles. The second-order valence-corrected chi connectivity index (χ2v) is 8.66. The monoisotopic (exact) mass is 385 g/mol. The molecule has 1 saturated heterocycles. The minimum absolute atomic E-state index is 0.0659. The molecule has 1 fully saturated rings. The maximum atomic E-state index is 13.0. The van der Waals surface area contributed by atoms with Crippen LogP contribution < -0.4 is 4.74 Å². The van der Waals surface area contributed by atoms with Crippen molar-refractivity contribution in [2.45, 2.75) is 22.8 Å². The van der Waals surface area contributed by atoms with E-state index in [1.165, 1.54) is 12.8 Å². The van der Waals surface area contributed by atoms with Gasteiger partial charge < -0.3 is 4.74 Å². The van der Waals surface area contributed by atoms with Gasteiger partial charge >= 0.3 is 0 Å². The number of ether oxygens (including phenoxy) is 1. The molecule has 0 unspecified atom stereocenters. The van der Waals surface area contributed by atoms with Gasteiger partial charge in [0.2, 0.25) is 9.84 Å². The van der Waals surface area contributed by atoms with Crippen LogP contribution in [0.5, 0.6) is 5.75 Å². The average Bonchev–Trinajstić information content (AvgIpc) is 3.31. The van der Waals surface area contributed by atoms with Gasteiger partial charge in [0, 0.05) is 19.0 Å². The van der Waals surface area contributed by atoms with Gasteiger partial charge in [-0.3, -0.25) is 9.58 Å². The molecule has 0 atom stereocenters. The second kappa shape index (κ2) is 7.32. The third-order valence-electron chi connectivity index (χ3n) is 4.97. The molecule has 3 aromatic rings. The average molecular weight is 385 g/mol. The molecule has 27 heavy (non-hydrogen) atoms. The molecule has 0 amide bonds. The maximum absolute atomic E-state index is 13.0. The van der Waals surface area contributed by atoms with Gasteiger partial charge in [-0.05, 0) is 50.2 Å². The van der Waals surface area contributed by atoms with E-state index >= 15 is 0 Å². The van der Waals surface area contributed by atoms with Crippen LogP contribution in [0, 0.1) is 0 Å². The maximum Gasteiger partial charge on any atom is 0.226 e. The molecule has 0 saturated carbocycles. The second-order valence-electron chi connectivity index (χ2n) is 6.79. The van der Waals surface area contributed by atoms with Crippen LogP contribution in [-0.2, 0) is 16.9 Å². The first-order valence-corrected chi connectivity index (χ1v) is 10.7. The highest BCUT2D eigenvalue weighted by molar-refractivity contribution is 7.91. The van der Waals surface area contributed by atoms with Crippen LogP contribution >= 0.6 is 0 Å². The highest BCUT2D eigenvalue weighted by Crippen LogP contribution is 2.32. The van der Waals surface area contributed by atoms with Crippen LogP contribution in [0.4, 0.5) is 0 Å². The Kier molecular flexibility index (Phi) is 4.88. The Bertz CT molecular complexity index is 1040. The Morgan fingerprint density at radius 1 is 1.04 bits per heavy atom. The summed E-state index contributed by atoms with van der Waals surface area (Å²) in [5, 5.41) is 4.97. The predicted molar refractivity (Wildman–Crippen MR) is 104 cm³/mol. The zero-order valence-electron chi connectivity index (χ0n) is 15.3. The Morgan fingerprint density at radius 3 is 2.52 bits per heavy atom. The van der Waals surface area contributed by atoms with Crippen LogP contribution in [0.3, 0.4) is 0 Å². The predicted octanol–water partition coefficient (Wildman–Crippen LogP) is 2.88. The minimum Gasteiger partial charge on any atom is -0.490 e. The normalized spacial score (nSPS) is 15.4. The first-order valence-electron chi connectivity index (χ1n) is 9.18. The Balaban J connectivity index is 1.66. The lowest BCUT2D eigenvalue weighted by Crippen LogP contribution is -2.25. The molecule has 2 aromatic carbocycles. The van der Waals surface area contributed by atoms with Crippen molar-refractivity contribution in [2.24, 2.45) is 7.05 Å². The number of aryl methyl sites for hydroxylation is 1. The molecule has 0 radical (unpaired) electrons. The van der Waals surface area contributed by atoms with Gasteiger partial charge in [-0.25, -0.2) is 8.42 Å². The lowest BCUT2D eigenvalue weighted by atomic mass is 10.2. The molecule has 6 nitrogen and oxygen atoms in total. The third kappa shape index (κ3) is 3.44. The summed E-state index contributed by atoms with van der Waals surface area (Å²) < 4.78 is 33.7. The fraction of sp³-hybridized carbons (Fsp3) is 0.350. The van der Waals surface area contributed by atoms with Crippen molar-refractivity contribution in [3.05, 3.63) is 48.5 Å². The van der Waals surface area contributed by atoms with Crippen LogP contribution in [0.15, 0.2) is 58.5 Å². The summed E-state index contributed by atoms with van der Waals surface area (Å²) in [6.45, 7) is 3.70. The van der Waals surface area contributed by atoms with E-state index in [-0.39, 0.29) is 9.92 Å². The number of nitrogens with zero attached hydrogens (tertiary/aromatic N) is 3. The largest absolute Gasteiger partial charge is 0.490 e. The van der Waals surface area contributed by atoms with Crippen molar-refractivity contribution >= 4 is 20.7 Å². The molecule has 0 spiro atoms. The van der Waals surface area contributed by atoms with Crippen molar-refractivity contribution in [3.8, 4) is 5.75 Å². The molecule has 4 rings (SSSR count). The number of hydrogen-bond donors (Lipinski definition) is 0. The molecule has 1 aliphatic rings. The number of para-hydroxylation sites is 1. The highest BCUT2D eigenvalue weighted by atomic mass is 32.2. The van der Waals surface area contributed by atoms with Gasteiger partial charge in [0.25, 0.3) is 0 Å². The summed E-state index contributed by atoms with van der Waals surface area (Å²) in [6.07, 6.45) is 2.50. The lowest BCUT2D eigenvalue weighted by molar-refractivity contribution is 0.239. The molecule has 142 valence electrons. The van der Waals surface area contributed by atoms with E-state index in [1.807, 2.05) is 12.1 Å². The minimum atomic E-state index is -3.69. The van der Waals surface area contributed by atoms with Crippen molar-refractivity contribution in [1.29, 1.82) is 0 Å². The van der Waals surface area contributed by atoms with E-state index in [0.717, 1.165) is 19.6 Å². The molecule has 0 N–H and O–H groups in total. The highest BCUT2D eigenvalue weighted by Gasteiger charge is 2.26. The van der Waals surface area contributed by atoms with Crippen LogP contribution in [0.1, 0.15) is 12.8 Å². The van der Waals surface area contributed by atoms with Gasteiger partial charge in [-0.1, -0.05) is 24.3 Å². The zero-order chi connectivity index (χ0) is 18.9. The Labute approximate surface area is 159 Å². The fourth-order valence-electron chi connectivity index (χ4n) is 3.59. The quantitative estimate of drug-likeness (QED) is 0.653. The number of sulfone groups is 1. The molecule has 2 heterocycles. The van der Waals surface area contributed by atoms with Crippen LogP contribution in [-0.4, -0.2) is 49.3 Å². The van der Waals surface area contributed by atoms with E-state index in [9.17, 15) is 8.42 Å². The Morgan fingerprint density at radius 2 is 1.78 bits per heavy atom. The topological polar surface area (TPSA) is 64.4 Å². The number of likely N-dealkylation sites (tertiary alicyclic amines) is 1. The number of rotatable bonds is 6. The van der Waals surface area contributed by atoms with Crippen LogP contribution in [0.25, 0.3) is 10.9 Å². The van der Waals surface area contributed by atoms with E-state index < -0.39 is 9.84 Å². The molecule has 1 aromatic heterocycles. The van der Waals surface area contributed by atoms with Crippen LogP contribution in [0.2, 0.25) is 0 Å². The lowest BCUT2D eigenvalue weighted by Gasteiger charge is -2.15. The van der Waals surface area contributed by atoms with E-state index in [1.54, 1.807) is 48.1 Å². The van der Waals surface area contributed by atoms with E-state index in [4.69, 9.17) is 4.74 Å². The summed E-state index contributed by atoms with van der Waals surface area (Å²) in [5.74, 6) is 0.663. The Hall–Kier alpha value is -2.38. The van der Waals surface area contributed by atoms with Gasteiger partial charge in [0.1, 0.15) is 17.9 Å². The van der Waals surface area contributed by atoms with Crippen molar-refractivity contribution in [1.82, 2.24) is 14.7 Å². The molecule has 7 heteroatoms. The van der Waals surface area contributed by atoms with Gasteiger partial charge in [0.05, 0.1) is 4.90 Å². The van der Waals surface area contributed by atoms with Gasteiger partial charge in [-0.2, -0.15) is 5.10 Å². The summed E-state index contributed by atoms with van der Waals surface area (Å²) in [7, 11) is -1.94. The first-order chi connectivity index (χ1) is 13.1. The van der Waals surface area contributed by atoms with Crippen molar-refractivity contribution in [3.63, 3.8) is 0 Å². The summed E-state index contributed by atoms with van der Waals surface area (Å²) in [6, 6.07) is 13.9. The van der Waals surface area contributed by atoms with E-state index in [0.29, 0.717) is 23.3 Å². The summed E-state index contributed by atoms with van der Waals surface area (Å²) in [4.78, 5) is 2.62. The van der Waals surface area contributed by atoms with E-state index in [2.05, 4.69) is 10.00 Å². The fourth-order valence-corrected chi connectivity index (χ4v) is 5.01. The molecular weight excluding hydrogens is 362 g/mol. The molecular formula is C20H23N3O3S. The zero-order valence-corrected chi connectivity index (χ0v) is 16.2. The SMILES string of the molecule is Cn1nc(S(=O)(=O)c2ccccc2)c2cccc(OCCN3CCCC3)c21. The standard InChI is InChI=1S/C20H23N3O3S/c1-22-19-17(20(21-22)27(24,25)16-8-3-2-4-9-16)10-7-11-18(19)26-15-14-23-12-5-6-13-23/h2-4,7-11H,5-6,12-15H2,1H3. The smallest absolute Gasteiger partial charge is 0.226 e. The summed E-state index contributed by atoms with van der Waals surface area (Å²) in [5.41, 5.74) is 0.702. The van der Waals surface area contributed by atoms with Gasteiger partial charge in [0.15, 0.2) is 5.03 Å². The molecule has 1 aliphatic heterocycles. The number of benzene rings is 2. The summed E-state index contributed by atoms with van der Waals surface area (Å²) >= 11 is 0. The molecule has 0 bridgehead atoms. The first kappa shape index (κ1) is 18.0. The number of hydrogen-bond acceptors (Lipinski definition) is 5.